The van der Waals surface area contributed by atoms with Gasteiger partial charge >= 0.3 is 0 Å². The summed E-state index contributed by atoms with van der Waals surface area (Å²) in [6.45, 7) is 7.70. The number of hydrogen-bond acceptors (Lipinski definition) is 2. The first-order chi connectivity index (χ1) is 6.06. The lowest BCUT2D eigenvalue weighted by atomic mass is 10.0. The van der Waals surface area contributed by atoms with Gasteiger partial charge in [0.25, 0.3) is 0 Å². The molecule has 0 aromatic heterocycles. The summed E-state index contributed by atoms with van der Waals surface area (Å²) in [4.78, 5) is 0. The van der Waals surface area contributed by atoms with Crippen molar-refractivity contribution in [2.75, 3.05) is 6.61 Å². The second-order valence-corrected chi connectivity index (χ2v) is 9.74. The van der Waals surface area contributed by atoms with Crippen molar-refractivity contribution in [3.05, 3.63) is 0 Å². The Morgan fingerprint density at radius 3 is 2.54 bits per heavy atom. The monoisotopic (exact) mass is 200 g/mol. The van der Waals surface area contributed by atoms with Gasteiger partial charge in [0.2, 0.25) is 0 Å². The molecule has 0 N–H and O–H groups in total. The first-order valence-corrected chi connectivity index (χ1v) is 8.76. The van der Waals surface area contributed by atoms with E-state index in [2.05, 4.69) is 19.6 Å². The second-order valence-electron chi connectivity index (χ2n) is 5.23. The SMILES string of the molecule is C[Si](C)(C)OCCC1CCC2OC12. The van der Waals surface area contributed by atoms with Gasteiger partial charge in [-0.15, -0.1) is 0 Å². The molecule has 1 heterocycles. The van der Waals surface area contributed by atoms with Gasteiger partial charge in [0.1, 0.15) is 0 Å². The number of ether oxygens (including phenoxy) is 1. The highest BCUT2D eigenvalue weighted by molar-refractivity contribution is 6.69. The minimum atomic E-state index is -1.28. The zero-order chi connectivity index (χ0) is 9.47. The van der Waals surface area contributed by atoms with Crippen LogP contribution >= 0.6 is 0 Å². The summed E-state index contributed by atoms with van der Waals surface area (Å²) >= 11 is 0. The van der Waals surface area contributed by atoms with Gasteiger partial charge in [-0.1, -0.05) is 0 Å². The third kappa shape index (κ3) is 2.54. The highest BCUT2D eigenvalue weighted by atomic mass is 28.4. The molecule has 3 unspecified atom stereocenters. The summed E-state index contributed by atoms with van der Waals surface area (Å²) in [5, 5.41) is 0. The van der Waals surface area contributed by atoms with Gasteiger partial charge in [0.15, 0.2) is 8.32 Å². The summed E-state index contributed by atoms with van der Waals surface area (Å²) < 4.78 is 11.3. The van der Waals surface area contributed by atoms with Crippen LogP contribution in [0, 0.1) is 5.92 Å². The molecule has 2 nitrogen and oxygen atoms in total. The smallest absolute Gasteiger partial charge is 0.183 e. The zero-order valence-corrected chi connectivity index (χ0v) is 9.88. The Kier molecular flexibility index (Phi) is 2.51. The Balaban J connectivity index is 1.63. The van der Waals surface area contributed by atoms with Gasteiger partial charge < -0.3 is 9.16 Å². The summed E-state index contributed by atoms with van der Waals surface area (Å²) in [6, 6.07) is 0. The lowest BCUT2D eigenvalue weighted by molar-refractivity contribution is 0.216. The van der Waals surface area contributed by atoms with Crippen molar-refractivity contribution >= 4 is 8.32 Å². The molecule has 3 atom stereocenters. The predicted molar refractivity (Wildman–Crippen MR) is 55.3 cm³/mol. The Bertz CT molecular complexity index is 188. The number of hydrogen-bond donors (Lipinski definition) is 0. The van der Waals surface area contributed by atoms with E-state index in [4.69, 9.17) is 9.16 Å². The molecular formula is C10H20O2Si. The summed E-state index contributed by atoms with van der Waals surface area (Å²) in [7, 11) is -1.28. The van der Waals surface area contributed by atoms with E-state index >= 15 is 0 Å². The Morgan fingerprint density at radius 2 is 2.08 bits per heavy atom. The van der Waals surface area contributed by atoms with Crippen LogP contribution in [0.1, 0.15) is 19.3 Å². The molecule has 0 amide bonds. The molecule has 0 aromatic rings. The van der Waals surface area contributed by atoms with E-state index in [0.717, 1.165) is 12.5 Å². The fourth-order valence-corrected chi connectivity index (χ4v) is 2.90. The first-order valence-electron chi connectivity index (χ1n) is 5.36. The van der Waals surface area contributed by atoms with Crippen LogP contribution in [-0.2, 0) is 9.16 Å². The Hall–Kier alpha value is 0.137. The highest BCUT2D eigenvalue weighted by Gasteiger charge is 2.49. The van der Waals surface area contributed by atoms with Crippen molar-refractivity contribution in [3.63, 3.8) is 0 Å². The number of epoxide rings is 1. The maximum absolute atomic E-state index is 5.84. The quantitative estimate of drug-likeness (QED) is 0.513. The van der Waals surface area contributed by atoms with Crippen LogP contribution in [0.15, 0.2) is 0 Å². The van der Waals surface area contributed by atoms with Crippen LogP contribution in [0.3, 0.4) is 0 Å². The molecule has 1 aliphatic carbocycles. The van der Waals surface area contributed by atoms with Gasteiger partial charge in [-0.3, -0.25) is 0 Å². The zero-order valence-electron chi connectivity index (χ0n) is 8.88. The second kappa shape index (κ2) is 3.37. The number of fused-ring (bicyclic) bond motifs is 1. The molecule has 0 radical (unpaired) electrons. The summed E-state index contributed by atoms with van der Waals surface area (Å²) in [5.41, 5.74) is 0. The van der Waals surface area contributed by atoms with E-state index in [1.165, 1.54) is 19.3 Å². The lowest BCUT2D eigenvalue weighted by Crippen LogP contribution is -2.26. The predicted octanol–water partition coefficient (Wildman–Crippen LogP) is 2.41. The average molecular weight is 200 g/mol. The molecule has 76 valence electrons. The van der Waals surface area contributed by atoms with Crippen LogP contribution in [0.25, 0.3) is 0 Å². The molecule has 0 bridgehead atoms. The molecular weight excluding hydrogens is 180 g/mol. The van der Waals surface area contributed by atoms with E-state index in [1.807, 2.05) is 0 Å². The molecule has 1 saturated heterocycles. The van der Waals surface area contributed by atoms with Gasteiger partial charge in [-0.25, -0.2) is 0 Å². The first kappa shape index (κ1) is 9.68. The van der Waals surface area contributed by atoms with E-state index in [1.54, 1.807) is 0 Å². The molecule has 1 saturated carbocycles. The molecule has 0 spiro atoms. The van der Waals surface area contributed by atoms with Crippen LogP contribution < -0.4 is 0 Å². The van der Waals surface area contributed by atoms with Crippen molar-refractivity contribution in [1.82, 2.24) is 0 Å². The molecule has 1 aliphatic heterocycles. The van der Waals surface area contributed by atoms with Crippen molar-refractivity contribution in [1.29, 1.82) is 0 Å². The van der Waals surface area contributed by atoms with E-state index < -0.39 is 8.32 Å². The summed E-state index contributed by atoms with van der Waals surface area (Å²) in [5.74, 6) is 0.807. The molecule has 2 fully saturated rings. The minimum Gasteiger partial charge on any atom is -0.418 e. The third-order valence-electron chi connectivity index (χ3n) is 2.93. The van der Waals surface area contributed by atoms with Gasteiger partial charge in [0.05, 0.1) is 12.2 Å². The van der Waals surface area contributed by atoms with Crippen molar-refractivity contribution in [2.45, 2.75) is 51.1 Å². The van der Waals surface area contributed by atoms with Crippen molar-refractivity contribution in [2.24, 2.45) is 5.92 Å². The molecule has 2 rings (SSSR count). The molecule has 2 aliphatic rings. The van der Waals surface area contributed by atoms with Crippen LogP contribution in [-0.4, -0.2) is 27.1 Å². The molecule has 0 aromatic carbocycles. The van der Waals surface area contributed by atoms with E-state index in [9.17, 15) is 0 Å². The Labute approximate surface area is 81.7 Å². The van der Waals surface area contributed by atoms with Crippen LogP contribution in [0.4, 0.5) is 0 Å². The summed E-state index contributed by atoms with van der Waals surface area (Å²) in [6.07, 6.45) is 5.13. The van der Waals surface area contributed by atoms with Crippen molar-refractivity contribution < 1.29 is 9.16 Å². The minimum absolute atomic E-state index is 0.616. The number of rotatable bonds is 4. The standard InChI is InChI=1S/C10H20O2Si/c1-13(2,3)11-7-6-8-4-5-9-10(8)12-9/h8-10H,4-7H2,1-3H3. The van der Waals surface area contributed by atoms with E-state index in [-0.39, 0.29) is 0 Å². The highest BCUT2D eigenvalue weighted by Crippen LogP contribution is 2.44. The van der Waals surface area contributed by atoms with Gasteiger partial charge in [-0.05, 0) is 44.8 Å². The fourth-order valence-electron chi connectivity index (χ4n) is 2.17. The van der Waals surface area contributed by atoms with Gasteiger partial charge in [-0.2, -0.15) is 0 Å². The third-order valence-corrected chi connectivity index (χ3v) is 4.00. The molecule has 3 heteroatoms. The van der Waals surface area contributed by atoms with Crippen LogP contribution in [0.5, 0.6) is 0 Å². The van der Waals surface area contributed by atoms with Crippen LogP contribution in [0.2, 0.25) is 19.6 Å². The lowest BCUT2D eigenvalue weighted by Gasteiger charge is -2.19. The van der Waals surface area contributed by atoms with Crippen molar-refractivity contribution in [3.8, 4) is 0 Å². The largest absolute Gasteiger partial charge is 0.418 e. The maximum Gasteiger partial charge on any atom is 0.183 e. The topological polar surface area (TPSA) is 21.8 Å². The Morgan fingerprint density at radius 1 is 1.31 bits per heavy atom. The average Bonchev–Trinajstić information content (AvgIpc) is 2.67. The van der Waals surface area contributed by atoms with Gasteiger partial charge in [0, 0.05) is 6.61 Å². The normalized spacial score (nSPS) is 37.6. The maximum atomic E-state index is 5.84. The fraction of sp³-hybridized carbons (Fsp3) is 1.00. The molecule has 13 heavy (non-hydrogen) atoms. The van der Waals surface area contributed by atoms with E-state index in [0.29, 0.717) is 12.2 Å².